The van der Waals surface area contributed by atoms with Crippen molar-refractivity contribution in [3.05, 3.63) is 48.6 Å². The minimum absolute atomic E-state index is 0.154. The quantitative estimate of drug-likeness (QED) is 0.376. The fourth-order valence-electron chi connectivity index (χ4n) is 3.44. The number of aromatic nitrogens is 5. The molecule has 1 aliphatic rings. The molecule has 1 fully saturated rings. The van der Waals surface area contributed by atoms with E-state index in [1.54, 1.807) is 25.5 Å². The van der Waals surface area contributed by atoms with E-state index in [1.807, 2.05) is 24.3 Å². The lowest BCUT2D eigenvalue weighted by atomic mass is 10.2. The Morgan fingerprint density at radius 3 is 2.77 bits per heavy atom. The van der Waals surface area contributed by atoms with Gasteiger partial charge in [0.25, 0.3) is 5.89 Å². The zero-order chi connectivity index (χ0) is 21.0. The first kappa shape index (κ1) is 19.8. The Hall–Kier alpha value is -3.11. The van der Waals surface area contributed by atoms with E-state index in [1.165, 1.54) is 11.8 Å². The molecule has 0 saturated carbocycles. The molecular weight excluding hydrogens is 418 g/mol. The molecule has 0 bridgehead atoms. The summed E-state index contributed by atoms with van der Waals surface area (Å²) in [5.41, 5.74) is 0.969. The number of thioether (sulfide) groups is 1. The molecule has 160 valence electrons. The zero-order valence-electron chi connectivity index (χ0n) is 16.9. The highest BCUT2D eigenvalue weighted by molar-refractivity contribution is 7.98. The molecule has 0 aliphatic carbocycles. The van der Waals surface area contributed by atoms with E-state index in [0.29, 0.717) is 29.8 Å². The minimum Gasteiger partial charge on any atom is -0.497 e. The number of nitrogens with zero attached hydrogens (tertiary/aromatic N) is 5. The summed E-state index contributed by atoms with van der Waals surface area (Å²) in [7, 11) is 1.65. The molecule has 0 spiro atoms. The molecule has 4 heterocycles. The predicted molar refractivity (Wildman–Crippen MR) is 113 cm³/mol. The molecule has 1 aromatic carbocycles. The molecule has 1 atom stereocenters. The van der Waals surface area contributed by atoms with Crippen molar-refractivity contribution in [3.8, 4) is 28.8 Å². The van der Waals surface area contributed by atoms with Gasteiger partial charge in [0, 0.05) is 12.2 Å². The highest BCUT2D eigenvalue weighted by Gasteiger charge is 2.22. The number of rotatable bonds is 8. The van der Waals surface area contributed by atoms with E-state index in [0.717, 1.165) is 41.7 Å². The van der Waals surface area contributed by atoms with Crippen LogP contribution in [0.4, 0.5) is 0 Å². The molecule has 31 heavy (non-hydrogen) atoms. The van der Waals surface area contributed by atoms with Gasteiger partial charge in [-0.05, 0) is 49.2 Å². The van der Waals surface area contributed by atoms with Gasteiger partial charge in [-0.1, -0.05) is 11.8 Å². The zero-order valence-corrected chi connectivity index (χ0v) is 17.7. The summed E-state index contributed by atoms with van der Waals surface area (Å²) in [6.07, 6.45) is 3.83. The van der Waals surface area contributed by atoms with Gasteiger partial charge in [0.1, 0.15) is 5.75 Å². The van der Waals surface area contributed by atoms with Crippen LogP contribution in [0.3, 0.4) is 0 Å². The van der Waals surface area contributed by atoms with E-state index in [4.69, 9.17) is 18.3 Å². The van der Waals surface area contributed by atoms with Crippen molar-refractivity contribution in [2.45, 2.75) is 36.4 Å². The Morgan fingerprint density at radius 2 is 2.03 bits per heavy atom. The van der Waals surface area contributed by atoms with Crippen LogP contribution in [0.1, 0.15) is 18.7 Å². The van der Waals surface area contributed by atoms with Crippen molar-refractivity contribution in [1.82, 2.24) is 25.0 Å². The predicted octanol–water partition coefficient (Wildman–Crippen LogP) is 4.07. The second-order valence-corrected chi connectivity index (χ2v) is 7.99. The van der Waals surface area contributed by atoms with E-state index >= 15 is 0 Å². The Balaban J connectivity index is 1.37. The summed E-state index contributed by atoms with van der Waals surface area (Å²) >= 11 is 1.50. The van der Waals surface area contributed by atoms with Gasteiger partial charge in [0.15, 0.2) is 16.7 Å². The van der Waals surface area contributed by atoms with Gasteiger partial charge < -0.3 is 18.3 Å². The molecule has 0 radical (unpaired) electrons. The van der Waals surface area contributed by atoms with E-state index in [-0.39, 0.29) is 6.10 Å². The van der Waals surface area contributed by atoms with Gasteiger partial charge >= 0.3 is 0 Å². The van der Waals surface area contributed by atoms with Crippen LogP contribution in [0.2, 0.25) is 0 Å². The fraction of sp³-hybridized carbons (Fsp3) is 0.333. The number of hydrogen-bond acceptors (Lipinski definition) is 9. The summed E-state index contributed by atoms with van der Waals surface area (Å²) in [5.74, 6) is 3.47. The minimum atomic E-state index is 0.154. The molecule has 4 aromatic rings. The van der Waals surface area contributed by atoms with Gasteiger partial charge in [0.2, 0.25) is 5.89 Å². The molecule has 3 aromatic heterocycles. The van der Waals surface area contributed by atoms with Crippen molar-refractivity contribution >= 4 is 11.8 Å². The first-order chi connectivity index (χ1) is 15.3. The maximum Gasteiger partial charge on any atom is 0.283 e. The molecule has 10 heteroatoms. The third-order valence-corrected chi connectivity index (χ3v) is 5.95. The van der Waals surface area contributed by atoms with Crippen molar-refractivity contribution in [3.63, 3.8) is 0 Å². The second-order valence-electron chi connectivity index (χ2n) is 7.05. The summed E-state index contributed by atoms with van der Waals surface area (Å²) in [5, 5.41) is 17.8. The third kappa shape index (κ3) is 4.35. The van der Waals surface area contributed by atoms with E-state index < -0.39 is 0 Å². The monoisotopic (exact) mass is 439 g/mol. The van der Waals surface area contributed by atoms with E-state index in [2.05, 4.69) is 25.0 Å². The molecule has 1 saturated heterocycles. The van der Waals surface area contributed by atoms with Crippen molar-refractivity contribution in [2.75, 3.05) is 13.7 Å². The number of hydrogen-bond donors (Lipinski definition) is 0. The standard InChI is InChI=1S/C21H21N5O4S/c1-27-15-8-6-14(7-9-15)19-23-25-21(26(19)12-16-4-2-10-28-16)31-13-18-22-24-20(30-18)17-5-3-11-29-17/h3,5-9,11,16H,2,4,10,12-13H2,1H3/t16-/m1/s1. The maximum atomic E-state index is 5.86. The molecule has 5 rings (SSSR count). The Kier molecular flexibility index (Phi) is 5.72. The van der Waals surface area contributed by atoms with Crippen molar-refractivity contribution < 1.29 is 18.3 Å². The lowest BCUT2D eigenvalue weighted by molar-refractivity contribution is 0.0953. The summed E-state index contributed by atoms with van der Waals surface area (Å²) in [6, 6.07) is 11.4. The van der Waals surface area contributed by atoms with Crippen molar-refractivity contribution in [1.29, 1.82) is 0 Å². The average Bonchev–Trinajstić information content (AvgIpc) is 3.61. The largest absolute Gasteiger partial charge is 0.497 e. The van der Waals surface area contributed by atoms with Crippen LogP contribution in [-0.2, 0) is 17.0 Å². The summed E-state index contributed by atoms with van der Waals surface area (Å²) < 4.78 is 24.2. The third-order valence-electron chi connectivity index (χ3n) is 5.00. The van der Waals surface area contributed by atoms with Gasteiger partial charge in [-0.25, -0.2) is 0 Å². The van der Waals surface area contributed by atoms with Crippen molar-refractivity contribution in [2.24, 2.45) is 0 Å². The number of benzene rings is 1. The summed E-state index contributed by atoms with van der Waals surface area (Å²) in [4.78, 5) is 0. The van der Waals surface area contributed by atoms with Gasteiger partial charge in [-0.3, -0.25) is 4.57 Å². The lowest BCUT2D eigenvalue weighted by Crippen LogP contribution is -2.16. The molecular formula is C21H21N5O4S. The SMILES string of the molecule is COc1ccc(-c2nnc(SCc3nnc(-c4ccco4)o3)n2C[C@H]2CCCO2)cc1. The fourth-order valence-corrected chi connectivity index (χ4v) is 4.23. The second kappa shape index (κ2) is 8.94. The van der Waals surface area contributed by atoms with Crippen LogP contribution in [0.25, 0.3) is 23.0 Å². The average molecular weight is 439 g/mol. The summed E-state index contributed by atoms with van der Waals surface area (Å²) in [6.45, 7) is 1.49. The molecule has 1 aliphatic heterocycles. The van der Waals surface area contributed by atoms with Gasteiger partial charge in [-0.15, -0.1) is 20.4 Å². The highest BCUT2D eigenvalue weighted by Crippen LogP contribution is 2.29. The first-order valence-electron chi connectivity index (χ1n) is 9.98. The molecule has 0 unspecified atom stereocenters. The Labute approximate surface area is 182 Å². The van der Waals surface area contributed by atoms with E-state index in [9.17, 15) is 0 Å². The smallest absolute Gasteiger partial charge is 0.283 e. The molecule has 9 nitrogen and oxygen atoms in total. The topological polar surface area (TPSA) is 101 Å². The molecule has 0 amide bonds. The van der Waals surface area contributed by atoms with Gasteiger partial charge in [0.05, 0.1) is 31.8 Å². The van der Waals surface area contributed by atoms with Crippen LogP contribution in [0.5, 0.6) is 5.75 Å². The highest BCUT2D eigenvalue weighted by atomic mass is 32.2. The van der Waals surface area contributed by atoms with Gasteiger partial charge in [-0.2, -0.15) is 0 Å². The number of methoxy groups -OCH3 is 1. The van der Waals surface area contributed by atoms with Crippen LogP contribution >= 0.6 is 11.8 Å². The first-order valence-corrected chi connectivity index (χ1v) is 11.0. The Bertz CT molecular complexity index is 1120. The van der Waals surface area contributed by atoms with Crippen LogP contribution in [-0.4, -0.2) is 44.8 Å². The molecule has 0 N–H and O–H groups in total. The number of furan rings is 1. The number of ether oxygens (including phenoxy) is 2. The Morgan fingerprint density at radius 1 is 1.13 bits per heavy atom. The van der Waals surface area contributed by atoms with Crippen LogP contribution < -0.4 is 4.74 Å². The normalized spacial score (nSPS) is 16.1. The lowest BCUT2D eigenvalue weighted by Gasteiger charge is -2.14. The van der Waals surface area contributed by atoms with Crippen LogP contribution in [0.15, 0.2) is 56.7 Å². The maximum absolute atomic E-state index is 5.86. The van der Waals surface area contributed by atoms with Crippen LogP contribution in [0, 0.1) is 0 Å².